The average molecular weight is 346 g/mol. The summed E-state index contributed by atoms with van der Waals surface area (Å²) >= 11 is 0. The van der Waals surface area contributed by atoms with Crippen molar-refractivity contribution < 1.29 is 0 Å². The van der Waals surface area contributed by atoms with Crippen LogP contribution in [0.4, 0.5) is 0 Å². The SMILES string of the molecule is Cc1nc2cc3ccccc3c(-c3ccccc3)c2nc1-c1ccccc1. The minimum atomic E-state index is 0.935. The van der Waals surface area contributed by atoms with Gasteiger partial charge in [-0.3, -0.25) is 0 Å². The molecule has 0 radical (unpaired) electrons. The lowest BCUT2D eigenvalue weighted by Crippen LogP contribution is -1.97. The van der Waals surface area contributed by atoms with Gasteiger partial charge in [-0.25, -0.2) is 9.97 Å². The summed E-state index contributed by atoms with van der Waals surface area (Å²) in [7, 11) is 0. The van der Waals surface area contributed by atoms with E-state index in [1.807, 2.05) is 31.2 Å². The van der Waals surface area contributed by atoms with Gasteiger partial charge in [-0.1, -0.05) is 84.9 Å². The fourth-order valence-electron chi connectivity index (χ4n) is 3.71. The molecule has 2 nitrogen and oxygen atoms in total. The van der Waals surface area contributed by atoms with Gasteiger partial charge in [0.05, 0.1) is 22.4 Å². The summed E-state index contributed by atoms with van der Waals surface area (Å²) in [6.45, 7) is 2.03. The Balaban J connectivity index is 1.93. The zero-order valence-electron chi connectivity index (χ0n) is 15.1. The van der Waals surface area contributed by atoms with E-state index in [1.165, 1.54) is 10.8 Å². The maximum atomic E-state index is 5.11. The van der Waals surface area contributed by atoms with E-state index in [0.717, 1.165) is 39.1 Å². The molecule has 128 valence electrons. The Morgan fingerprint density at radius 2 is 1.26 bits per heavy atom. The first kappa shape index (κ1) is 15.7. The normalized spacial score (nSPS) is 11.1. The van der Waals surface area contributed by atoms with E-state index in [1.54, 1.807) is 0 Å². The fraction of sp³-hybridized carbons (Fsp3) is 0.0400. The maximum Gasteiger partial charge on any atom is 0.0979 e. The van der Waals surface area contributed by atoms with Crippen LogP contribution in [0.1, 0.15) is 5.69 Å². The topological polar surface area (TPSA) is 25.8 Å². The smallest absolute Gasteiger partial charge is 0.0979 e. The van der Waals surface area contributed by atoms with E-state index in [-0.39, 0.29) is 0 Å². The van der Waals surface area contributed by atoms with Crippen LogP contribution < -0.4 is 0 Å². The van der Waals surface area contributed by atoms with Crippen molar-refractivity contribution in [3.8, 4) is 22.4 Å². The number of benzene rings is 4. The van der Waals surface area contributed by atoms with Gasteiger partial charge in [-0.2, -0.15) is 0 Å². The fourth-order valence-corrected chi connectivity index (χ4v) is 3.71. The van der Waals surface area contributed by atoms with E-state index in [2.05, 4.69) is 66.7 Å². The number of aryl methyl sites for hydroxylation is 1. The molecule has 0 bridgehead atoms. The molecule has 0 N–H and O–H groups in total. The number of rotatable bonds is 2. The summed E-state index contributed by atoms with van der Waals surface area (Å²) in [4.78, 5) is 10.0. The highest BCUT2D eigenvalue weighted by Gasteiger charge is 2.15. The monoisotopic (exact) mass is 346 g/mol. The Morgan fingerprint density at radius 3 is 2.00 bits per heavy atom. The predicted octanol–water partition coefficient (Wildman–Crippen LogP) is 6.43. The third kappa shape index (κ3) is 2.67. The van der Waals surface area contributed by atoms with Crippen LogP contribution in [0.3, 0.4) is 0 Å². The summed E-state index contributed by atoms with van der Waals surface area (Å²) in [5.74, 6) is 0. The lowest BCUT2D eigenvalue weighted by molar-refractivity contribution is 1.19. The Morgan fingerprint density at radius 1 is 0.630 bits per heavy atom. The zero-order valence-corrected chi connectivity index (χ0v) is 15.1. The van der Waals surface area contributed by atoms with Crippen molar-refractivity contribution >= 4 is 21.8 Å². The maximum absolute atomic E-state index is 5.11. The van der Waals surface area contributed by atoms with Crippen LogP contribution in [0.2, 0.25) is 0 Å². The molecular formula is C25H18N2. The molecule has 27 heavy (non-hydrogen) atoms. The number of fused-ring (bicyclic) bond motifs is 2. The van der Waals surface area contributed by atoms with Crippen molar-refractivity contribution in [2.75, 3.05) is 0 Å². The molecule has 1 aromatic heterocycles. The first-order chi connectivity index (χ1) is 13.3. The molecule has 0 aliphatic rings. The van der Waals surface area contributed by atoms with Gasteiger partial charge in [0, 0.05) is 11.1 Å². The Kier molecular flexibility index (Phi) is 3.68. The van der Waals surface area contributed by atoms with Crippen molar-refractivity contribution in [2.24, 2.45) is 0 Å². The van der Waals surface area contributed by atoms with Gasteiger partial charge in [0.1, 0.15) is 0 Å². The summed E-state index contributed by atoms with van der Waals surface area (Å²) in [5, 5.41) is 2.39. The van der Waals surface area contributed by atoms with Crippen LogP contribution in [0.5, 0.6) is 0 Å². The van der Waals surface area contributed by atoms with Crippen molar-refractivity contribution in [1.82, 2.24) is 9.97 Å². The van der Waals surface area contributed by atoms with Gasteiger partial charge in [0.15, 0.2) is 0 Å². The van der Waals surface area contributed by atoms with Crippen molar-refractivity contribution in [3.63, 3.8) is 0 Å². The van der Waals surface area contributed by atoms with Crippen LogP contribution in [-0.2, 0) is 0 Å². The molecule has 0 saturated heterocycles. The van der Waals surface area contributed by atoms with E-state index >= 15 is 0 Å². The number of aromatic nitrogens is 2. The molecule has 4 aromatic carbocycles. The van der Waals surface area contributed by atoms with Crippen LogP contribution in [0.25, 0.3) is 44.2 Å². The van der Waals surface area contributed by atoms with Crippen molar-refractivity contribution in [3.05, 3.63) is 96.7 Å². The molecular weight excluding hydrogens is 328 g/mol. The standard InChI is InChI=1S/C25H18N2/c1-17-24(19-12-6-3-7-13-19)27-25-22(26-17)16-20-14-8-9-15-21(20)23(25)18-10-4-2-5-11-18/h2-16H,1H3. The minimum absolute atomic E-state index is 0.935. The third-order valence-electron chi connectivity index (χ3n) is 4.97. The second kappa shape index (κ2) is 6.33. The average Bonchev–Trinajstić information content (AvgIpc) is 2.73. The van der Waals surface area contributed by atoms with Gasteiger partial charge in [0.2, 0.25) is 0 Å². The largest absolute Gasteiger partial charge is 0.249 e. The Bertz CT molecular complexity index is 1260. The van der Waals surface area contributed by atoms with E-state index in [9.17, 15) is 0 Å². The molecule has 0 unspecified atom stereocenters. The van der Waals surface area contributed by atoms with Gasteiger partial charge in [-0.05, 0) is 29.3 Å². The molecule has 5 aromatic rings. The molecule has 0 aliphatic carbocycles. The number of nitrogens with zero attached hydrogens (tertiary/aromatic N) is 2. The van der Waals surface area contributed by atoms with Crippen LogP contribution >= 0.6 is 0 Å². The number of hydrogen-bond donors (Lipinski definition) is 0. The molecule has 0 spiro atoms. The Hall–Kier alpha value is -3.52. The van der Waals surface area contributed by atoms with Gasteiger partial charge >= 0.3 is 0 Å². The molecule has 1 heterocycles. The summed E-state index contributed by atoms with van der Waals surface area (Å²) in [5.41, 5.74) is 7.18. The highest BCUT2D eigenvalue weighted by atomic mass is 14.8. The quantitative estimate of drug-likeness (QED) is 0.344. The summed E-state index contributed by atoms with van der Waals surface area (Å²) in [6, 6.07) is 31.4. The molecule has 0 amide bonds. The van der Waals surface area contributed by atoms with E-state index in [4.69, 9.17) is 9.97 Å². The molecule has 0 saturated carbocycles. The Labute approximate surface area is 158 Å². The molecule has 0 aliphatic heterocycles. The van der Waals surface area contributed by atoms with E-state index < -0.39 is 0 Å². The molecule has 5 rings (SSSR count). The third-order valence-corrected chi connectivity index (χ3v) is 4.97. The van der Waals surface area contributed by atoms with E-state index in [0.29, 0.717) is 0 Å². The molecule has 0 fully saturated rings. The summed E-state index contributed by atoms with van der Waals surface area (Å²) in [6.07, 6.45) is 0. The first-order valence-electron chi connectivity index (χ1n) is 9.12. The van der Waals surface area contributed by atoms with Crippen molar-refractivity contribution in [2.45, 2.75) is 6.92 Å². The summed E-state index contributed by atoms with van der Waals surface area (Å²) < 4.78 is 0. The van der Waals surface area contributed by atoms with Gasteiger partial charge in [-0.15, -0.1) is 0 Å². The van der Waals surface area contributed by atoms with Gasteiger partial charge in [0.25, 0.3) is 0 Å². The van der Waals surface area contributed by atoms with Crippen LogP contribution in [0, 0.1) is 6.92 Å². The predicted molar refractivity (Wildman–Crippen MR) is 113 cm³/mol. The molecule has 0 atom stereocenters. The highest BCUT2D eigenvalue weighted by molar-refractivity contribution is 6.10. The zero-order chi connectivity index (χ0) is 18.2. The minimum Gasteiger partial charge on any atom is -0.249 e. The second-order valence-electron chi connectivity index (χ2n) is 6.73. The van der Waals surface area contributed by atoms with Gasteiger partial charge < -0.3 is 0 Å². The van der Waals surface area contributed by atoms with Crippen molar-refractivity contribution in [1.29, 1.82) is 0 Å². The van der Waals surface area contributed by atoms with Crippen LogP contribution in [0.15, 0.2) is 91.0 Å². The first-order valence-corrected chi connectivity index (χ1v) is 9.12. The highest BCUT2D eigenvalue weighted by Crippen LogP contribution is 2.36. The molecule has 2 heteroatoms. The lowest BCUT2D eigenvalue weighted by Gasteiger charge is -2.13. The number of hydrogen-bond acceptors (Lipinski definition) is 2. The lowest BCUT2D eigenvalue weighted by atomic mass is 9.96. The van der Waals surface area contributed by atoms with Crippen LogP contribution in [-0.4, -0.2) is 9.97 Å². The second-order valence-corrected chi connectivity index (χ2v) is 6.73.